The maximum absolute atomic E-state index is 15.7. The average Bonchev–Trinajstić information content (AvgIpc) is 3.55. The van der Waals surface area contributed by atoms with Gasteiger partial charge in [-0.25, -0.2) is 4.39 Å². The van der Waals surface area contributed by atoms with Gasteiger partial charge in [0.1, 0.15) is 23.6 Å². The van der Waals surface area contributed by atoms with Crippen LogP contribution < -0.4 is 16.0 Å². The number of carbonyl (C=O) groups is 4. The number of aryl methyl sites for hydroxylation is 1. The predicted molar refractivity (Wildman–Crippen MR) is 184 cm³/mol. The summed E-state index contributed by atoms with van der Waals surface area (Å²) in [6.07, 6.45) is 5.20. The van der Waals surface area contributed by atoms with Crippen LogP contribution in [0, 0.1) is 17.7 Å². The Labute approximate surface area is 284 Å². The first kappa shape index (κ1) is 37.0. The number of hydrogen-bond donors (Lipinski definition) is 3. The Morgan fingerprint density at radius 2 is 1.65 bits per heavy atom. The number of aromatic nitrogens is 2. The third kappa shape index (κ3) is 9.00. The van der Waals surface area contributed by atoms with Gasteiger partial charge in [-0.2, -0.15) is 5.10 Å². The molecule has 264 valence electrons. The summed E-state index contributed by atoms with van der Waals surface area (Å²) in [4.78, 5) is 57.4. The number of carbonyl (C=O) groups excluding carboxylic acids is 4. The van der Waals surface area contributed by atoms with E-state index in [1.165, 1.54) is 12.1 Å². The summed E-state index contributed by atoms with van der Waals surface area (Å²) in [6.45, 7) is 17.1. The van der Waals surface area contributed by atoms with Crippen molar-refractivity contribution in [1.29, 1.82) is 0 Å². The molecule has 1 saturated heterocycles. The van der Waals surface area contributed by atoms with Crippen molar-refractivity contribution in [2.45, 2.75) is 111 Å². The SMILES string of the molecule is CCC(=O)N[C@@H](C(=O)N1CCN(C(C)(C)C)CC1)[C@@H](C)c1ccc(NC(=O)[C@@H](NC(=O)c2ccnn2CC)[C@H]2CC[C@H](C)CC2)c(F)c1. The van der Waals surface area contributed by atoms with Crippen LogP contribution in [0.25, 0.3) is 0 Å². The van der Waals surface area contributed by atoms with Crippen LogP contribution in [-0.4, -0.2) is 87.0 Å². The summed E-state index contributed by atoms with van der Waals surface area (Å²) in [6, 6.07) is 4.36. The van der Waals surface area contributed by atoms with Gasteiger partial charge in [0.25, 0.3) is 5.91 Å². The van der Waals surface area contributed by atoms with E-state index < -0.39 is 35.6 Å². The van der Waals surface area contributed by atoms with Gasteiger partial charge in [0, 0.05) is 56.8 Å². The standard InChI is InChI=1S/C36H54FN7O4/c1-8-30(45)40-31(35(48)42-18-20-43(21-19-42)36(5,6)7)24(4)26-14-15-28(27(37)22-26)39-34(47)32(25-12-10-23(3)11-13-25)41-33(46)29-16-17-38-44(29)9-2/h14-17,22-25,31-32H,8-13,18-21H2,1-7H3,(H,39,47)(H,40,45)(H,41,46)/t23-,24-,25-,31+,32-/m0/s1. The zero-order chi connectivity index (χ0) is 35.2. The van der Waals surface area contributed by atoms with Crippen molar-refractivity contribution in [1.82, 2.24) is 30.2 Å². The van der Waals surface area contributed by atoms with Crippen molar-refractivity contribution in [2.75, 3.05) is 31.5 Å². The monoisotopic (exact) mass is 667 g/mol. The fourth-order valence-corrected chi connectivity index (χ4v) is 6.80. The van der Waals surface area contributed by atoms with Gasteiger partial charge in [0.15, 0.2) is 0 Å². The molecule has 4 amide bonds. The van der Waals surface area contributed by atoms with Gasteiger partial charge in [-0.3, -0.25) is 28.8 Å². The zero-order valence-electron chi connectivity index (χ0n) is 29.6. The zero-order valence-corrected chi connectivity index (χ0v) is 29.6. The Hall–Kier alpha value is -3.80. The van der Waals surface area contributed by atoms with E-state index in [1.54, 1.807) is 41.8 Å². The van der Waals surface area contributed by atoms with Gasteiger partial charge < -0.3 is 20.9 Å². The summed E-state index contributed by atoms with van der Waals surface area (Å²) in [5.41, 5.74) is 0.857. The molecule has 2 aromatic rings. The number of benzene rings is 1. The van der Waals surface area contributed by atoms with Crippen LogP contribution in [-0.2, 0) is 20.9 Å². The lowest BCUT2D eigenvalue weighted by atomic mass is 9.79. The predicted octanol–water partition coefficient (Wildman–Crippen LogP) is 4.55. The minimum Gasteiger partial charge on any atom is -0.344 e. The van der Waals surface area contributed by atoms with Gasteiger partial charge in [-0.15, -0.1) is 0 Å². The smallest absolute Gasteiger partial charge is 0.270 e. The number of nitrogens with zero attached hydrogens (tertiary/aromatic N) is 4. The molecule has 1 aliphatic carbocycles. The first-order chi connectivity index (χ1) is 22.7. The van der Waals surface area contributed by atoms with Gasteiger partial charge in [-0.1, -0.05) is 39.7 Å². The molecule has 2 fully saturated rings. The Kier molecular flexibility index (Phi) is 12.4. The first-order valence-electron chi connectivity index (χ1n) is 17.5. The largest absolute Gasteiger partial charge is 0.344 e. The van der Waals surface area contributed by atoms with Crippen LogP contribution >= 0.6 is 0 Å². The van der Waals surface area contributed by atoms with E-state index in [0.29, 0.717) is 36.8 Å². The van der Waals surface area contributed by atoms with Crippen LogP contribution in [0.15, 0.2) is 30.5 Å². The Morgan fingerprint density at radius 1 is 0.979 bits per heavy atom. The first-order valence-corrected chi connectivity index (χ1v) is 17.5. The van der Waals surface area contributed by atoms with Crippen molar-refractivity contribution in [3.63, 3.8) is 0 Å². The number of amides is 4. The van der Waals surface area contributed by atoms with Crippen molar-refractivity contribution in [3.8, 4) is 0 Å². The fraction of sp³-hybridized carbons (Fsp3) is 0.639. The van der Waals surface area contributed by atoms with Gasteiger partial charge in [0.05, 0.1) is 5.69 Å². The minimum atomic E-state index is -0.872. The van der Waals surface area contributed by atoms with E-state index in [4.69, 9.17) is 0 Å². The summed E-state index contributed by atoms with van der Waals surface area (Å²) in [5.74, 6) is -2.08. The number of anilines is 1. The third-order valence-corrected chi connectivity index (χ3v) is 10.1. The summed E-state index contributed by atoms with van der Waals surface area (Å²) in [5, 5.41) is 12.7. The second-order valence-electron chi connectivity index (χ2n) is 14.4. The van der Waals surface area contributed by atoms with Crippen molar-refractivity contribution in [2.24, 2.45) is 11.8 Å². The quantitative estimate of drug-likeness (QED) is 0.323. The average molecular weight is 668 g/mol. The lowest BCUT2D eigenvalue weighted by Gasteiger charge is -2.43. The highest BCUT2D eigenvalue weighted by Gasteiger charge is 2.36. The van der Waals surface area contributed by atoms with Crippen LogP contribution in [0.5, 0.6) is 0 Å². The second-order valence-corrected chi connectivity index (χ2v) is 14.4. The molecule has 1 aromatic carbocycles. The molecule has 0 bridgehead atoms. The summed E-state index contributed by atoms with van der Waals surface area (Å²) in [7, 11) is 0. The van der Waals surface area contributed by atoms with E-state index in [1.807, 2.05) is 6.92 Å². The third-order valence-electron chi connectivity index (χ3n) is 10.1. The highest BCUT2D eigenvalue weighted by Crippen LogP contribution is 2.32. The molecule has 48 heavy (non-hydrogen) atoms. The van der Waals surface area contributed by atoms with Gasteiger partial charge in [0.2, 0.25) is 17.7 Å². The number of nitrogens with one attached hydrogen (secondary N) is 3. The highest BCUT2D eigenvalue weighted by atomic mass is 19.1. The van der Waals surface area contributed by atoms with Crippen molar-refractivity contribution >= 4 is 29.3 Å². The second kappa shape index (κ2) is 16.1. The lowest BCUT2D eigenvalue weighted by Crippen LogP contribution is -2.58. The molecule has 1 aliphatic heterocycles. The summed E-state index contributed by atoms with van der Waals surface area (Å²) >= 11 is 0. The molecular formula is C36H54FN7O4. The molecular weight excluding hydrogens is 613 g/mol. The topological polar surface area (TPSA) is 129 Å². The Morgan fingerprint density at radius 3 is 2.23 bits per heavy atom. The van der Waals surface area contributed by atoms with Crippen LogP contribution in [0.2, 0.25) is 0 Å². The Bertz CT molecular complexity index is 1440. The van der Waals surface area contributed by atoms with E-state index in [-0.39, 0.29) is 35.4 Å². The fourth-order valence-electron chi connectivity index (χ4n) is 6.80. The van der Waals surface area contributed by atoms with Crippen molar-refractivity contribution in [3.05, 3.63) is 47.5 Å². The normalized spacial score (nSPS) is 20.8. The van der Waals surface area contributed by atoms with Crippen LogP contribution in [0.4, 0.5) is 10.1 Å². The number of piperazine rings is 1. The van der Waals surface area contributed by atoms with Crippen LogP contribution in [0.3, 0.4) is 0 Å². The molecule has 2 heterocycles. The van der Waals surface area contributed by atoms with E-state index in [2.05, 4.69) is 53.6 Å². The molecule has 0 spiro atoms. The number of hydrogen-bond acceptors (Lipinski definition) is 6. The maximum atomic E-state index is 15.7. The lowest BCUT2D eigenvalue weighted by molar-refractivity contribution is -0.139. The number of rotatable bonds is 11. The molecule has 2 aliphatic rings. The van der Waals surface area contributed by atoms with Crippen LogP contribution in [0.1, 0.15) is 103 Å². The molecule has 4 rings (SSSR count). The molecule has 3 N–H and O–H groups in total. The molecule has 0 unspecified atom stereocenters. The molecule has 1 aromatic heterocycles. The molecule has 3 atom stereocenters. The minimum absolute atomic E-state index is 0.00766. The summed E-state index contributed by atoms with van der Waals surface area (Å²) < 4.78 is 17.3. The molecule has 1 saturated carbocycles. The highest BCUT2D eigenvalue weighted by molar-refractivity contribution is 6.00. The molecule has 0 radical (unpaired) electrons. The van der Waals surface area contributed by atoms with Gasteiger partial charge >= 0.3 is 0 Å². The Balaban J connectivity index is 1.50. The van der Waals surface area contributed by atoms with E-state index >= 15 is 4.39 Å². The van der Waals surface area contributed by atoms with E-state index in [9.17, 15) is 19.2 Å². The molecule has 12 heteroatoms. The van der Waals surface area contributed by atoms with Gasteiger partial charge in [-0.05, 0) is 76.1 Å². The van der Waals surface area contributed by atoms with Crippen molar-refractivity contribution < 1.29 is 23.6 Å². The maximum Gasteiger partial charge on any atom is 0.270 e. The van der Waals surface area contributed by atoms with E-state index in [0.717, 1.165) is 38.8 Å². The molecule has 11 nitrogen and oxygen atoms in total. The number of halogens is 1.